The van der Waals surface area contributed by atoms with Crippen LogP contribution in [-0.2, 0) is 4.74 Å². The molecule has 164 valence electrons. The third-order valence-corrected chi connectivity index (χ3v) is 5.94. The molecular formula is C23H24ClFN2O4. The molecule has 4 rings (SSSR count). The molecule has 6 nitrogen and oxygen atoms in total. The predicted molar refractivity (Wildman–Crippen MR) is 114 cm³/mol. The molecule has 2 fully saturated rings. The zero-order valence-electron chi connectivity index (χ0n) is 17.1. The number of amides is 2. The van der Waals surface area contributed by atoms with E-state index in [9.17, 15) is 14.0 Å². The van der Waals surface area contributed by atoms with Gasteiger partial charge in [0.05, 0.1) is 24.3 Å². The van der Waals surface area contributed by atoms with Gasteiger partial charge in [0.25, 0.3) is 11.8 Å². The monoisotopic (exact) mass is 446 g/mol. The Morgan fingerprint density at radius 2 is 1.74 bits per heavy atom. The zero-order chi connectivity index (χ0) is 21.8. The first-order chi connectivity index (χ1) is 15.0. The predicted octanol–water partition coefficient (Wildman–Crippen LogP) is 3.64. The van der Waals surface area contributed by atoms with Gasteiger partial charge in [-0.2, -0.15) is 0 Å². The molecule has 2 amide bonds. The van der Waals surface area contributed by atoms with E-state index in [2.05, 4.69) is 0 Å². The summed E-state index contributed by atoms with van der Waals surface area (Å²) in [6.07, 6.45) is 1.70. The van der Waals surface area contributed by atoms with E-state index in [0.717, 1.165) is 12.8 Å². The van der Waals surface area contributed by atoms with Crippen molar-refractivity contribution in [3.63, 3.8) is 0 Å². The molecule has 0 N–H and O–H groups in total. The molecule has 2 aliphatic rings. The first-order valence-corrected chi connectivity index (χ1v) is 10.8. The van der Waals surface area contributed by atoms with Crippen LogP contribution >= 0.6 is 11.6 Å². The van der Waals surface area contributed by atoms with Gasteiger partial charge < -0.3 is 19.3 Å². The summed E-state index contributed by atoms with van der Waals surface area (Å²) >= 11 is 5.82. The van der Waals surface area contributed by atoms with Gasteiger partial charge >= 0.3 is 0 Å². The summed E-state index contributed by atoms with van der Waals surface area (Å²) in [6.45, 7) is 3.29. The van der Waals surface area contributed by atoms with Crippen molar-refractivity contribution in [3.05, 3.63) is 64.4 Å². The first kappa shape index (κ1) is 21.6. The lowest BCUT2D eigenvalue weighted by Gasteiger charge is -2.27. The van der Waals surface area contributed by atoms with E-state index in [1.54, 1.807) is 34.1 Å². The molecule has 1 atom stereocenters. The van der Waals surface area contributed by atoms with Crippen LogP contribution in [0.1, 0.15) is 33.6 Å². The zero-order valence-corrected chi connectivity index (χ0v) is 17.8. The van der Waals surface area contributed by atoms with Gasteiger partial charge in [0.1, 0.15) is 18.2 Å². The summed E-state index contributed by atoms with van der Waals surface area (Å²) in [4.78, 5) is 28.9. The molecule has 0 saturated carbocycles. The van der Waals surface area contributed by atoms with Gasteiger partial charge in [-0.1, -0.05) is 11.6 Å². The van der Waals surface area contributed by atoms with Gasteiger partial charge in [0.2, 0.25) is 0 Å². The lowest BCUT2D eigenvalue weighted by molar-refractivity contribution is 0.0303. The highest BCUT2D eigenvalue weighted by molar-refractivity contribution is 6.31. The van der Waals surface area contributed by atoms with Crippen molar-refractivity contribution >= 4 is 23.4 Å². The summed E-state index contributed by atoms with van der Waals surface area (Å²) in [5.41, 5.74) is 0.976. The maximum Gasteiger partial charge on any atom is 0.254 e. The topological polar surface area (TPSA) is 59.1 Å². The maximum absolute atomic E-state index is 13.4. The Morgan fingerprint density at radius 1 is 1.03 bits per heavy atom. The number of ether oxygens (including phenoxy) is 2. The van der Waals surface area contributed by atoms with Gasteiger partial charge in [-0.05, 0) is 55.3 Å². The van der Waals surface area contributed by atoms with Crippen LogP contribution in [0, 0.1) is 5.82 Å². The van der Waals surface area contributed by atoms with Crippen molar-refractivity contribution < 1.29 is 23.5 Å². The number of rotatable bonds is 5. The van der Waals surface area contributed by atoms with Crippen LogP contribution in [0.4, 0.5) is 4.39 Å². The Labute approximate surface area is 185 Å². The smallest absolute Gasteiger partial charge is 0.254 e. The summed E-state index contributed by atoms with van der Waals surface area (Å²) in [5, 5.41) is -0.0652. The molecule has 2 aliphatic heterocycles. The van der Waals surface area contributed by atoms with E-state index < -0.39 is 5.82 Å². The van der Waals surface area contributed by atoms with Crippen LogP contribution in [-0.4, -0.2) is 67.1 Å². The van der Waals surface area contributed by atoms with E-state index >= 15 is 0 Å². The van der Waals surface area contributed by atoms with Crippen LogP contribution in [0.2, 0.25) is 5.02 Å². The van der Waals surface area contributed by atoms with Gasteiger partial charge in [0, 0.05) is 30.8 Å². The van der Waals surface area contributed by atoms with Crippen LogP contribution < -0.4 is 4.74 Å². The normalized spacial score (nSPS) is 18.8. The van der Waals surface area contributed by atoms with Crippen LogP contribution in [0.15, 0.2) is 42.5 Å². The standard InChI is InChI=1S/C23H24ClFN2O4/c24-20-14-17(5-8-21(20)25)23(29)27-9-1-2-18(27)15-31-19-6-3-16(4-7-19)22(28)26-10-12-30-13-11-26/h3-8,14,18H,1-2,9-13,15H2/t18-/m1/s1. The summed E-state index contributed by atoms with van der Waals surface area (Å²) in [6, 6.07) is 11.0. The first-order valence-electron chi connectivity index (χ1n) is 10.4. The Morgan fingerprint density at radius 3 is 2.45 bits per heavy atom. The second-order valence-corrected chi connectivity index (χ2v) is 8.07. The lowest BCUT2D eigenvalue weighted by atomic mass is 10.1. The number of likely N-dealkylation sites (tertiary alicyclic amines) is 1. The molecule has 2 saturated heterocycles. The highest BCUT2D eigenvalue weighted by Crippen LogP contribution is 2.24. The van der Waals surface area contributed by atoms with E-state index in [1.807, 2.05) is 0 Å². The quantitative estimate of drug-likeness (QED) is 0.703. The number of hydrogen-bond donors (Lipinski definition) is 0. The Hall–Kier alpha value is -2.64. The molecule has 0 aromatic heterocycles. The number of halogens is 2. The number of benzene rings is 2. The molecule has 31 heavy (non-hydrogen) atoms. The molecule has 2 heterocycles. The van der Waals surface area contributed by atoms with Crippen molar-refractivity contribution in [2.45, 2.75) is 18.9 Å². The summed E-state index contributed by atoms with van der Waals surface area (Å²) in [7, 11) is 0. The molecule has 8 heteroatoms. The molecule has 2 aromatic carbocycles. The highest BCUT2D eigenvalue weighted by Gasteiger charge is 2.30. The van der Waals surface area contributed by atoms with Crippen molar-refractivity contribution in [3.8, 4) is 5.75 Å². The average molecular weight is 447 g/mol. The second kappa shape index (κ2) is 9.66. The fourth-order valence-electron chi connectivity index (χ4n) is 3.91. The number of hydrogen-bond acceptors (Lipinski definition) is 4. The van der Waals surface area contributed by atoms with Crippen LogP contribution in [0.25, 0.3) is 0 Å². The highest BCUT2D eigenvalue weighted by atomic mass is 35.5. The third kappa shape index (κ3) is 4.99. The maximum atomic E-state index is 13.4. The van der Waals surface area contributed by atoms with Crippen molar-refractivity contribution in [1.82, 2.24) is 9.80 Å². The summed E-state index contributed by atoms with van der Waals surface area (Å²) in [5.74, 6) is -0.0995. The van der Waals surface area contributed by atoms with Gasteiger partial charge in [0.15, 0.2) is 0 Å². The van der Waals surface area contributed by atoms with Crippen LogP contribution in [0.3, 0.4) is 0 Å². The minimum Gasteiger partial charge on any atom is -0.491 e. The van der Waals surface area contributed by atoms with E-state index in [-0.39, 0.29) is 22.9 Å². The third-order valence-electron chi connectivity index (χ3n) is 5.65. The molecule has 2 aromatic rings. The van der Waals surface area contributed by atoms with E-state index in [4.69, 9.17) is 21.1 Å². The lowest BCUT2D eigenvalue weighted by Crippen LogP contribution is -2.40. The molecule has 0 radical (unpaired) electrons. The number of carbonyl (C=O) groups excluding carboxylic acids is 2. The Balaban J connectivity index is 1.35. The molecule has 0 spiro atoms. The van der Waals surface area contributed by atoms with Crippen LogP contribution in [0.5, 0.6) is 5.75 Å². The molecule has 0 aliphatic carbocycles. The van der Waals surface area contributed by atoms with Crippen molar-refractivity contribution in [2.24, 2.45) is 0 Å². The Kier molecular flexibility index (Phi) is 6.73. The van der Waals surface area contributed by atoms with Crippen molar-refractivity contribution in [2.75, 3.05) is 39.5 Å². The fourth-order valence-corrected chi connectivity index (χ4v) is 4.09. The minimum atomic E-state index is -0.546. The van der Waals surface area contributed by atoms with Gasteiger partial charge in [-0.25, -0.2) is 4.39 Å². The number of carbonyl (C=O) groups is 2. The minimum absolute atomic E-state index is 0.0135. The molecule has 0 bridgehead atoms. The number of morpholine rings is 1. The molecule has 0 unspecified atom stereocenters. The van der Waals surface area contributed by atoms with Gasteiger partial charge in [-0.15, -0.1) is 0 Å². The number of nitrogens with zero attached hydrogens (tertiary/aromatic N) is 2. The largest absolute Gasteiger partial charge is 0.491 e. The van der Waals surface area contributed by atoms with Gasteiger partial charge in [-0.3, -0.25) is 9.59 Å². The van der Waals surface area contributed by atoms with E-state index in [1.165, 1.54) is 18.2 Å². The van der Waals surface area contributed by atoms with Crippen molar-refractivity contribution in [1.29, 1.82) is 0 Å². The molecular weight excluding hydrogens is 423 g/mol. The second-order valence-electron chi connectivity index (χ2n) is 7.66. The fraction of sp³-hybridized carbons (Fsp3) is 0.391. The Bertz CT molecular complexity index is 947. The SMILES string of the molecule is O=C(c1ccc(OC[C@H]2CCCN2C(=O)c2ccc(F)c(Cl)c2)cc1)N1CCOCC1. The summed E-state index contributed by atoms with van der Waals surface area (Å²) < 4.78 is 24.6. The van der Waals surface area contributed by atoms with E-state index in [0.29, 0.717) is 56.3 Å². The average Bonchev–Trinajstić information content (AvgIpc) is 3.28.